The molecule has 2 unspecified atom stereocenters. The second-order valence-electron chi connectivity index (χ2n) is 17.6. The van der Waals surface area contributed by atoms with E-state index in [1.807, 2.05) is 12.1 Å². The van der Waals surface area contributed by atoms with E-state index in [4.69, 9.17) is 13.6 Å². The van der Waals surface area contributed by atoms with Crippen LogP contribution in [0.1, 0.15) is 87.0 Å². The lowest BCUT2D eigenvalue weighted by Gasteiger charge is -2.62. The minimum atomic E-state index is -2.93. The molecule has 0 spiro atoms. The molecular formula is C40H58O5Si2. The third-order valence-electron chi connectivity index (χ3n) is 13.7. The molecule has 1 saturated heterocycles. The highest BCUT2D eigenvalue weighted by molar-refractivity contribution is 6.99. The molecule has 256 valence electrons. The van der Waals surface area contributed by atoms with Crippen molar-refractivity contribution >= 4 is 38.8 Å². The summed E-state index contributed by atoms with van der Waals surface area (Å²) in [7, 11) is -4.88. The van der Waals surface area contributed by atoms with Crippen LogP contribution in [0.5, 0.6) is 0 Å². The molecule has 5 nitrogen and oxygen atoms in total. The summed E-state index contributed by atoms with van der Waals surface area (Å²) in [6.07, 6.45) is 5.12. The Morgan fingerprint density at radius 3 is 2.15 bits per heavy atom. The minimum Gasteiger partial charge on any atom is -0.460 e. The van der Waals surface area contributed by atoms with Crippen LogP contribution in [0, 0.1) is 34.0 Å². The fourth-order valence-corrected chi connectivity index (χ4v) is 19.4. The summed E-state index contributed by atoms with van der Waals surface area (Å²) in [5.41, 5.74) is -0.607. The van der Waals surface area contributed by atoms with Gasteiger partial charge in [0.15, 0.2) is 8.32 Å². The van der Waals surface area contributed by atoms with Crippen LogP contribution in [0.3, 0.4) is 0 Å². The van der Waals surface area contributed by atoms with Crippen molar-refractivity contribution in [3.8, 4) is 0 Å². The van der Waals surface area contributed by atoms with Crippen LogP contribution in [-0.4, -0.2) is 47.2 Å². The monoisotopic (exact) mass is 674 g/mol. The molecule has 3 saturated carbocycles. The first-order valence-corrected chi connectivity index (χ1v) is 23.2. The van der Waals surface area contributed by atoms with Gasteiger partial charge in [-0.25, -0.2) is 4.79 Å². The molecule has 2 bridgehead atoms. The number of Topliss-reactive ketones (excluding diaryl/α,β-unsaturated/α-hetero) is 1. The van der Waals surface area contributed by atoms with Crippen LogP contribution in [0.4, 0.5) is 0 Å². The summed E-state index contributed by atoms with van der Waals surface area (Å²) in [4.78, 5) is 28.4. The van der Waals surface area contributed by atoms with Gasteiger partial charge in [0.05, 0.1) is 6.10 Å². The quantitative estimate of drug-likeness (QED) is 0.221. The number of benzene rings is 2. The van der Waals surface area contributed by atoms with Gasteiger partial charge in [0, 0.05) is 17.8 Å². The normalized spacial score (nSPS) is 36.6. The Morgan fingerprint density at radius 1 is 1.00 bits per heavy atom. The first kappa shape index (κ1) is 34.8. The Morgan fingerprint density at radius 2 is 1.60 bits per heavy atom. The number of esters is 1. The molecule has 6 rings (SSSR count). The van der Waals surface area contributed by atoms with Crippen molar-refractivity contribution in [3.05, 3.63) is 60.7 Å². The van der Waals surface area contributed by atoms with Crippen LogP contribution in [0.15, 0.2) is 60.7 Å². The molecule has 4 aliphatic rings. The minimum absolute atomic E-state index is 0.0686. The number of hydrogen-bond donors (Lipinski definition) is 0. The van der Waals surface area contributed by atoms with Gasteiger partial charge >= 0.3 is 5.97 Å². The van der Waals surface area contributed by atoms with Crippen molar-refractivity contribution < 1.29 is 23.2 Å². The molecule has 3 aliphatic carbocycles. The van der Waals surface area contributed by atoms with E-state index >= 15 is 0 Å². The molecular weight excluding hydrogens is 617 g/mol. The zero-order chi connectivity index (χ0) is 34.0. The topological polar surface area (TPSA) is 61.8 Å². The van der Waals surface area contributed by atoms with E-state index in [2.05, 4.69) is 110 Å². The Bertz CT molecular complexity index is 1430. The maximum Gasteiger partial charge on any atom is 0.331 e. The summed E-state index contributed by atoms with van der Waals surface area (Å²) >= 11 is 0. The van der Waals surface area contributed by atoms with E-state index in [0.717, 1.165) is 48.5 Å². The van der Waals surface area contributed by atoms with Gasteiger partial charge in [0.1, 0.15) is 18.5 Å². The molecule has 2 aromatic carbocycles. The first-order valence-electron chi connectivity index (χ1n) is 18.2. The average molecular weight is 675 g/mol. The van der Waals surface area contributed by atoms with Gasteiger partial charge < -0.3 is 13.6 Å². The predicted octanol–water partition coefficient (Wildman–Crippen LogP) is 7.92. The summed E-state index contributed by atoms with van der Waals surface area (Å²) in [6, 6.07) is 22.0. The molecule has 47 heavy (non-hydrogen) atoms. The highest BCUT2D eigenvalue weighted by atomic mass is 28.4. The fourth-order valence-electron chi connectivity index (χ4n) is 11.4. The SMILES string of the molecule is CC[C@]12C[C@@H](OC(=O)CO[Si](c3ccccc3)(c3ccccc3)C(C)(C)C)[C@@]3(C)C4C(=O)CCC4(CC[C@H]3C)[C@H](C)[C@@H]1O[Si](C)(C)C2. The maximum atomic E-state index is 14.4. The summed E-state index contributed by atoms with van der Waals surface area (Å²) in [6.45, 7) is 20.6. The van der Waals surface area contributed by atoms with Crippen molar-refractivity contribution in [2.24, 2.45) is 34.0 Å². The lowest BCUT2D eigenvalue weighted by Crippen LogP contribution is -2.67. The standard InChI is InChI=1S/C40H58O5Si2/c1-10-39-25-33(38(7)28(2)21-23-40(24-22-32(41)35(38)40)29(3)36(39)45-46(8,9)27-39)44-34(42)26-43-47(37(4,5)6,30-17-13-11-14-18-30)31-19-15-12-16-20-31/h11-20,28-29,33,35-36H,10,21-27H2,1-9H3/t28-,29-,33-,35?,36+,38+,39-,40?/m1/s1. The Kier molecular flexibility index (Phi) is 8.93. The summed E-state index contributed by atoms with van der Waals surface area (Å²) in [5, 5.41) is 2.04. The number of ether oxygens (including phenoxy) is 1. The zero-order valence-electron chi connectivity index (χ0n) is 30.4. The van der Waals surface area contributed by atoms with E-state index in [0.29, 0.717) is 18.1 Å². The highest BCUT2D eigenvalue weighted by Gasteiger charge is 2.71. The van der Waals surface area contributed by atoms with Crippen LogP contribution in [-0.2, 0) is 23.2 Å². The summed E-state index contributed by atoms with van der Waals surface area (Å²) in [5.74, 6) is 0.505. The van der Waals surface area contributed by atoms with E-state index in [9.17, 15) is 9.59 Å². The number of hydrogen-bond acceptors (Lipinski definition) is 5. The van der Waals surface area contributed by atoms with Crippen LogP contribution < -0.4 is 10.4 Å². The first-order chi connectivity index (χ1) is 22.1. The molecule has 0 radical (unpaired) electrons. The Labute approximate surface area is 285 Å². The van der Waals surface area contributed by atoms with Crippen LogP contribution in [0.2, 0.25) is 24.2 Å². The van der Waals surface area contributed by atoms with E-state index in [1.54, 1.807) is 0 Å². The molecule has 8 atom stereocenters. The second-order valence-corrected chi connectivity index (χ2v) is 26.0. The molecule has 2 aromatic rings. The Hall–Kier alpha value is -2.07. The number of carbonyl (C=O) groups is 2. The van der Waals surface area contributed by atoms with Gasteiger partial charge in [-0.1, -0.05) is 109 Å². The number of rotatable bonds is 7. The lowest BCUT2D eigenvalue weighted by molar-refractivity contribution is -0.206. The van der Waals surface area contributed by atoms with Crippen LogP contribution in [0.25, 0.3) is 0 Å². The van der Waals surface area contributed by atoms with Crippen molar-refractivity contribution in [1.82, 2.24) is 0 Å². The fraction of sp³-hybridized carbons (Fsp3) is 0.650. The summed E-state index contributed by atoms with van der Waals surface area (Å²) < 4.78 is 21.0. The van der Waals surface area contributed by atoms with E-state index in [1.165, 1.54) is 0 Å². The van der Waals surface area contributed by atoms with Crippen molar-refractivity contribution in [3.63, 3.8) is 0 Å². The van der Waals surface area contributed by atoms with Gasteiger partial charge in [-0.05, 0) is 89.3 Å². The Balaban J connectivity index is 1.39. The van der Waals surface area contributed by atoms with E-state index < -0.39 is 22.0 Å². The van der Waals surface area contributed by atoms with Gasteiger partial charge in [0.25, 0.3) is 8.32 Å². The van der Waals surface area contributed by atoms with Gasteiger partial charge in [-0.2, -0.15) is 0 Å². The van der Waals surface area contributed by atoms with Crippen LogP contribution >= 0.6 is 0 Å². The van der Waals surface area contributed by atoms with Gasteiger partial charge in [-0.3, -0.25) is 4.79 Å². The smallest absolute Gasteiger partial charge is 0.331 e. The molecule has 7 heteroatoms. The van der Waals surface area contributed by atoms with E-state index in [-0.39, 0.29) is 52.5 Å². The number of carbonyl (C=O) groups excluding carboxylic acids is 2. The van der Waals surface area contributed by atoms with Crippen molar-refractivity contribution in [2.75, 3.05) is 6.61 Å². The molecule has 1 aliphatic heterocycles. The van der Waals surface area contributed by atoms with Crippen molar-refractivity contribution in [1.29, 1.82) is 0 Å². The maximum absolute atomic E-state index is 14.4. The van der Waals surface area contributed by atoms with Gasteiger partial charge in [0.2, 0.25) is 0 Å². The van der Waals surface area contributed by atoms with Gasteiger partial charge in [-0.15, -0.1) is 0 Å². The average Bonchev–Trinajstić information content (AvgIpc) is 3.52. The predicted molar refractivity (Wildman–Crippen MR) is 194 cm³/mol. The van der Waals surface area contributed by atoms with Crippen molar-refractivity contribution in [2.45, 2.75) is 123 Å². The third kappa shape index (κ3) is 5.37. The number of fused-ring (bicyclic) bond motifs is 1. The third-order valence-corrected chi connectivity index (χ3v) is 21.2. The zero-order valence-corrected chi connectivity index (χ0v) is 32.4. The molecule has 0 N–H and O–H groups in total. The second kappa shape index (κ2) is 12.1. The highest BCUT2D eigenvalue weighted by Crippen LogP contribution is 2.70. The molecule has 0 aromatic heterocycles. The molecule has 1 heterocycles. The molecule has 0 amide bonds. The molecule has 4 fully saturated rings. The largest absolute Gasteiger partial charge is 0.460 e. The number of ketones is 1. The lowest BCUT2D eigenvalue weighted by atomic mass is 9.43.